The Balaban J connectivity index is 0.00000242. The van der Waals surface area contributed by atoms with Crippen LogP contribution in [0, 0.1) is 0 Å². The van der Waals surface area contributed by atoms with Crippen molar-refractivity contribution in [3.05, 3.63) is 53.7 Å². The number of aryl methyl sites for hydroxylation is 1. The number of hydrogen-bond donors (Lipinski definition) is 2. The summed E-state index contributed by atoms with van der Waals surface area (Å²) in [4.78, 5) is 8.37. The predicted molar refractivity (Wildman–Crippen MR) is 101 cm³/mol. The van der Waals surface area contributed by atoms with Gasteiger partial charge >= 0.3 is 0 Å². The van der Waals surface area contributed by atoms with Crippen molar-refractivity contribution in [2.75, 3.05) is 12.4 Å². The summed E-state index contributed by atoms with van der Waals surface area (Å²) in [5.74, 6) is 0.962. The van der Waals surface area contributed by atoms with Crippen LogP contribution in [0.5, 0.6) is 5.88 Å². The van der Waals surface area contributed by atoms with Crippen LogP contribution in [-0.4, -0.2) is 18.1 Å². The number of nitrogens with zero attached hydrogens (tertiary/aromatic N) is 2. The number of nitrogens with one attached hydrogen (secondary N) is 1. The van der Waals surface area contributed by atoms with E-state index in [4.69, 9.17) is 10.5 Å². The summed E-state index contributed by atoms with van der Waals surface area (Å²) in [7, 11) is 1.59. The fourth-order valence-electron chi connectivity index (χ4n) is 1.89. The van der Waals surface area contributed by atoms with E-state index in [0.717, 1.165) is 17.7 Å². The third kappa shape index (κ3) is 5.51. The zero-order valence-electron chi connectivity index (χ0n) is 12.7. The Morgan fingerprint density at radius 2 is 2.09 bits per heavy atom. The van der Waals surface area contributed by atoms with Gasteiger partial charge in [-0.3, -0.25) is 0 Å². The van der Waals surface area contributed by atoms with Gasteiger partial charge in [0.1, 0.15) is 0 Å². The van der Waals surface area contributed by atoms with Crippen LogP contribution < -0.4 is 15.8 Å². The molecular formula is C16H21IN4O. The summed E-state index contributed by atoms with van der Waals surface area (Å²) in [6.45, 7) is 2.60. The Labute approximate surface area is 148 Å². The number of anilines is 1. The van der Waals surface area contributed by atoms with E-state index < -0.39 is 0 Å². The lowest BCUT2D eigenvalue weighted by atomic mass is 10.1. The van der Waals surface area contributed by atoms with Crippen LogP contribution in [0.4, 0.5) is 5.69 Å². The molecule has 0 spiro atoms. The van der Waals surface area contributed by atoms with Crippen molar-refractivity contribution in [1.82, 2.24) is 4.98 Å². The monoisotopic (exact) mass is 412 g/mol. The average Bonchev–Trinajstić information content (AvgIpc) is 2.53. The van der Waals surface area contributed by atoms with Crippen molar-refractivity contribution in [1.29, 1.82) is 0 Å². The summed E-state index contributed by atoms with van der Waals surface area (Å²) in [6.07, 6.45) is 2.68. The molecule has 0 aliphatic rings. The largest absolute Gasteiger partial charge is 0.481 e. The van der Waals surface area contributed by atoms with Gasteiger partial charge in [0.25, 0.3) is 0 Å². The van der Waals surface area contributed by atoms with Gasteiger partial charge in [0.05, 0.1) is 13.7 Å². The third-order valence-electron chi connectivity index (χ3n) is 3.05. The zero-order valence-corrected chi connectivity index (χ0v) is 15.1. The Bertz CT molecular complexity index is 631. The molecule has 0 saturated heterocycles. The molecule has 118 valence electrons. The zero-order chi connectivity index (χ0) is 15.1. The highest BCUT2D eigenvalue weighted by Gasteiger charge is 1.99. The molecule has 3 N–H and O–H groups in total. The molecule has 1 heterocycles. The van der Waals surface area contributed by atoms with Crippen LogP contribution in [0.3, 0.4) is 0 Å². The lowest BCUT2D eigenvalue weighted by Gasteiger charge is -2.07. The van der Waals surface area contributed by atoms with E-state index >= 15 is 0 Å². The van der Waals surface area contributed by atoms with E-state index in [1.54, 1.807) is 13.3 Å². The highest BCUT2D eigenvalue weighted by molar-refractivity contribution is 14.0. The number of benzene rings is 1. The van der Waals surface area contributed by atoms with Gasteiger partial charge in [0.15, 0.2) is 5.96 Å². The first-order chi connectivity index (χ1) is 10.2. The molecule has 0 unspecified atom stereocenters. The topological polar surface area (TPSA) is 72.5 Å². The Kier molecular flexibility index (Phi) is 7.65. The van der Waals surface area contributed by atoms with E-state index in [0.29, 0.717) is 18.4 Å². The molecule has 22 heavy (non-hydrogen) atoms. The van der Waals surface area contributed by atoms with Gasteiger partial charge in [0, 0.05) is 18.0 Å². The molecule has 0 amide bonds. The van der Waals surface area contributed by atoms with Crippen LogP contribution in [0.15, 0.2) is 47.6 Å². The molecule has 0 fully saturated rings. The Hall–Kier alpha value is -1.83. The van der Waals surface area contributed by atoms with Gasteiger partial charge in [-0.15, -0.1) is 24.0 Å². The number of aromatic nitrogens is 1. The number of methoxy groups -OCH3 is 1. The van der Waals surface area contributed by atoms with Gasteiger partial charge in [-0.2, -0.15) is 0 Å². The van der Waals surface area contributed by atoms with E-state index in [2.05, 4.69) is 34.3 Å². The van der Waals surface area contributed by atoms with Crippen LogP contribution in [0.2, 0.25) is 0 Å². The molecular weight excluding hydrogens is 391 g/mol. The number of halogens is 1. The number of nitrogens with two attached hydrogens (primary N) is 1. The molecule has 0 aliphatic carbocycles. The SMILES string of the molecule is CCc1cccc(NC(N)=NCc2ccnc(OC)c2)c1.I. The molecule has 0 aliphatic heterocycles. The standard InChI is InChI=1S/C16H20N4O.HI/c1-3-12-5-4-6-14(9-12)20-16(17)19-11-13-7-8-18-15(10-13)21-2;/h4-10H,3,11H2,1-2H3,(H3,17,19,20);1H. The van der Waals surface area contributed by atoms with Crippen molar-refractivity contribution in [2.24, 2.45) is 10.7 Å². The minimum Gasteiger partial charge on any atom is -0.481 e. The first-order valence-electron chi connectivity index (χ1n) is 6.86. The molecule has 0 bridgehead atoms. The molecule has 0 radical (unpaired) electrons. The van der Waals surface area contributed by atoms with Crippen molar-refractivity contribution in [3.8, 4) is 5.88 Å². The normalized spacial score (nSPS) is 10.7. The first-order valence-corrected chi connectivity index (χ1v) is 6.86. The van der Waals surface area contributed by atoms with E-state index in [-0.39, 0.29) is 24.0 Å². The minimum atomic E-state index is 0. The average molecular weight is 412 g/mol. The maximum atomic E-state index is 5.91. The summed E-state index contributed by atoms with van der Waals surface area (Å²) in [5.41, 5.74) is 9.11. The van der Waals surface area contributed by atoms with Crippen LogP contribution in [0.25, 0.3) is 0 Å². The van der Waals surface area contributed by atoms with Gasteiger partial charge in [-0.05, 0) is 35.7 Å². The first kappa shape index (κ1) is 18.2. The summed E-state index contributed by atoms with van der Waals surface area (Å²) in [6, 6.07) is 11.9. The number of guanidine groups is 1. The van der Waals surface area contributed by atoms with Gasteiger partial charge in [0.2, 0.25) is 5.88 Å². The number of aliphatic imine (C=N–C) groups is 1. The summed E-state index contributed by atoms with van der Waals surface area (Å²) in [5, 5.41) is 3.10. The second kappa shape index (κ2) is 9.24. The van der Waals surface area contributed by atoms with Crippen molar-refractivity contribution >= 4 is 35.6 Å². The molecule has 0 saturated carbocycles. The summed E-state index contributed by atoms with van der Waals surface area (Å²) >= 11 is 0. The van der Waals surface area contributed by atoms with Gasteiger partial charge in [-0.1, -0.05) is 19.1 Å². The molecule has 2 rings (SSSR count). The van der Waals surface area contributed by atoms with Crippen molar-refractivity contribution < 1.29 is 4.74 Å². The predicted octanol–water partition coefficient (Wildman–Crippen LogP) is 3.20. The Morgan fingerprint density at radius 3 is 2.82 bits per heavy atom. The van der Waals surface area contributed by atoms with Crippen molar-refractivity contribution in [3.63, 3.8) is 0 Å². The highest BCUT2D eigenvalue weighted by atomic mass is 127. The van der Waals surface area contributed by atoms with Gasteiger partial charge < -0.3 is 15.8 Å². The second-order valence-electron chi connectivity index (χ2n) is 4.59. The molecule has 1 aromatic heterocycles. The third-order valence-corrected chi connectivity index (χ3v) is 3.05. The van der Waals surface area contributed by atoms with Crippen LogP contribution >= 0.6 is 24.0 Å². The highest BCUT2D eigenvalue weighted by Crippen LogP contribution is 2.12. The Morgan fingerprint density at radius 1 is 1.27 bits per heavy atom. The number of rotatable bonds is 5. The summed E-state index contributed by atoms with van der Waals surface area (Å²) < 4.78 is 5.08. The van der Waals surface area contributed by atoms with Crippen molar-refractivity contribution in [2.45, 2.75) is 19.9 Å². The smallest absolute Gasteiger partial charge is 0.213 e. The van der Waals surface area contributed by atoms with E-state index in [1.165, 1.54) is 5.56 Å². The maximum absolute atomic E-state index is 5.91. The lowest BCUT2D eigenvalue weighted by Crippen LogP contribution is -2.22. The molecule has 1 aromatic carbocycles. The quantitative estimate of drug-likeness (QED) is 0.450. The van der Waals surface area contributed by atoms with Crippen LogP contribution in [-0.2, 0) is 13.0 Å². The van der Waals surface area contributed by atoms with Crippen LogP contribution in [0.1, 0.15) is 18.1 Å². The fraction of sp³-hybridized carbons (Fsp3) is 0.250. The molecule has 2 aromatic rings. The second-order valence-corrected chi connectivity index (χ2v) is 4.59. The fourth-order valence-corrected chi connectivity index (χ4v) is 1.89. The molecule has 0 atom stereocenters. The minimum absolute atomic E-state index is 0. The lowest BCUT2D eigenvalue weighted by molar-refractivity contribution is 0.397. The number of pyridine rings is 1. The van der Waals surface area contributed by atoms with E-state index in [9.17, 15) is 0 Å². The van der Waals surface area contributed by atoms with Gasteiger partial charge in [-0.25, -0.2) is 9.98 Å². The maximum Gasteiger partial charge on any atom is 0.213 e. The van der Waals surface area contributed by atoms with E-state index in [1.807, 2.05) is 24.3 Å². The number of hydrogen-bond acceptors (Lipinski definition) is 3. The molecule has 6 heteroatoms. The molecule has 5 nitrogen and oxygen atoms in total. The number of ether oxygens (including phenoxy) is 1.